The van der Waals surface area contributed by atoms with Crippen molar-refractivity contribution in [3.63, 3.8) is 0 Å². The van der Waals surface area contributed by atoms with Crippen LogP contribution in [0.5, 0.6) is 23.0 Å². The van der Waals surface area contributed by atoms with Crippen LogP contribution in [0.1, 0.15) is 59.1 Å². The molecule has 0 spiro atoms. The number of esters is 1. The van der Waals surface area contributed by atoms with Crippen molar-refractivity contribution in [2.24, 2.45) is 0 Å². The number of unbranched alkanes of at least 4 members (excludes halogenated alkanes) is 1. The predicted molar refractivity (Wildman–Crippen MR) is 298 cm³/mol. The van der Waals surface area contributed by atoms with Crippen molar-refractivity contribution in [2.75, 3.05) is 71.4 Å². The molecule has 390 valence electrons. The van der Waals surface area contributed by atoms with E-state index in [4.69, 9.17) is 33.2 Å². The summed E-state index contributed by atoms with van der Waals surface area (Å²) in [5.74, 6) is 0.456. The number of hydrogen-bond acceptors (Lipinski definition) is 10. The Balaban J connectivity index is 0.897. The molecule has 1 aliphatic heterocycles. The molecule has 1 amide bonds. The van der Waals surface area contributed by atoms with E-state index in [1.165, 1.54) is 0 Å². The molecule has 0 atom stereocenters. The average Bonchev–Trinajstić information content (AvgIpc) is 3.48. The number of hydrogen-bond donors (Lipinski definition) is 2. The number of ether oxygens (including phenoxy) is 7. The standard InChI is InChI=1S/C65H65NO10/c1-47-43-57-55-25-13-11-17-48(55)45-59(63(57)69)74-41-39-72-37-35-70-33-34-71-36-38-73-40-42-75-60-46-49-18-12-14-26-56(49)58(44-47)64(60)76-62(68)28-16-15-27-61(67)66-54-31-29-53(30-32-54)65(50-19-5-2-6-20-50,51-21-7-3-8-22-51)52-23-9-4-10-24-52/h2-14,17-26,29-32,45-46,69H,1,15-16,27-28,33-44H2,(H,66,67). The maximum Gasteiger partial charge on any atom is 0.311 e. The van der Waals surface area contributed by atoms with Crippen molar-refractivity contribution < 1.29 is 47.9 Å². The van der Waals surface area contributed by atoms with Gasteiger partial charge in [-0.3, -0.25) is 9.59 Å². The summed E-state index contributed by atoms with van der Waals surface area (Å²) in [5, 5.41) is 18.4. The van der Waals surface area contributed by atoms with Gasteiger partial charge in [0.15, 0.2) is 23.0 Å². The molecule has 0 saturated heterocycles. The molecule has 0 unspecified atom stereocenters. The molecule has 0 saturated carbocycles. The summed E-state index contributed by atoms with van der Waals surface area (Å²) in [5.41, 5.74) is 6.71. The first kappa shape index (κ1) is 53.0. The van der Waals surface area contributed by atoms with E-state index in [-0.39, 0.29) is 44.3 Å². The van der Waals surface area contributed by atoms with Crippen molar-refractivity contribution in [3.05, 3.63) is 221 Å². The SMILES string of the molecule is C=C1Cc2c(O)c(cc3ccccc23)OCCOCCOCCOCCOCCOc2cc3ccccc3c(c2OC(=O)CCCCC(=O)Nc2ccc(C(c3ccccc3)(c3ccccc3)c3ccccc3)cc2)C1. The van der Waals surface area contributed by atoms with Crippen LogP contribution >= 0.6 is 0 Å². The van der Waals surface area contributed by atoms with Crippen molar-refractivity contribution >= 4 is 39.1 Å². The van der Waals surface area contributed by atoms with E-state index >= 15 is 0 Å². The summed E-state index contributed by atoms with van der Waals surface area (Å²) in [4.78, 5) is 27.4. The first-order valence-electron chi connectivity index (χ1n) is 26.2. The van der Waals surface area contributed by atoms with Gasteiger partial charge in [0.2, 0.25) is 5.91 Å². The molecule has 1 heterocycles. The molecule has 4 bridgehead atoms. The highest BCUT2D eigenvalue weighted by Crippen LogP contribution is 2.46. The number of carbonyl (C=O) groups is 2. The minimum absolute atomic E-state index is 0.0291. The van der Waals surface area contributed by atoms with Crippen LogP contribution in [0.4, 0.5) is 5.69 Å². The summed E-state index contributed by atoms with van der Waals surface area (Å²) in [6.45, 7) is 7.91. The third kappa shape index (κ3) is 13.2. The van der Waals surface area contributed by atoms with E-state index in [2.05, 4.69) is 96.8 Å². The summed E-state index contributed by atoms with van der Waals surface area (Å²) < 4.78 is 41.6. The maximum atomic E-state index is 13.9. The van der Waals surface area contributed by atoms with Crippen LogP contribution in [-0.2, 0) is 46.8 Å². The van der Waals surface area contributed by atoms with Gasteiger partial charge in [-0.2, -0.15) is 0 Å². The van der Waals surface area contributed by atoms with Gasteiger partial charge in [-0.1, -0.05) is 164 Å². The van der Waals surface area contributed by atoms with Crippen LogP contribution in [0.25, 0.3) is 21.5 Å². The Labute approximate surface area is 445 Å². The molecular weight excluding hydrogens is 955 g/mol. The highest BCUT2D eigenvalue weighted by molar-refractivity contribution is 5.93. The van der Waals surface area contributed by atoms with Crippen LogP contribution in [0.15, 0.2) is 188 Å². The summed E-state index contributed by atoms with van der Waals surface area (Å²) in [7, 11) is 0. The highest BCUT2D eigenvalue weighted by Gasteiger charge is 2.38. The smallest absolute Gasteiger partial charge is 0.311 e. The number of fused-ring (bicyclic) bond motifs is 8. The molecule has 8 aromatic carbocycles. The Morgan fingerprint density at radius 1 is 0.500 bits per heavy atom. The average molecular weight is 1020 g/mol. The molecule has 2 N–H and O–H groups in total. The van der Waals surface area contributed by atoms with Crippen molar-refractivity contribution in [1.29, 1.82) is 0 Å². The third-order valence-corrected chi connectivity index (χ3v) is 13.6. The lowest BCUT2D eigenvalue weighted by molar-refractivity contribution is -0.134. The Morgan fingerprint density at radius 2 is 0.921 bits per heavy atom. The van der Waals surface area contributed by atoms with Crippen LogP contribution in [0.3, 0.4) is 0 Å². The number of allylic oxidation sites excluding steroid dienone is 1. The number of amides is 1. The Bertz CT molecular complexity index is 3080. The highest BCUT2D eigenvalue weighted by atomic mass is 16.6. The molecular formula is C65H65NO10. The van der Waals surface area contributed by atoms with E-state index in [1.54, 1.807) is 0 Å². The van der Waals surface area contributed by atoms with Gasteiger partial charge < -0.3 is 43.6 Å². The Kier molecular flexibility index (Phi) is 18.6. The van der Waals surface area contributed by atoms with Gasteiger partial charge in [0, 0.05) is 29.7 Å². The first-order valence-corrected chi connectivity index (χ1v) is 26.2. The lowest BCUT2D eigenvalue weighted by Crippen LogP contribution is -2.31. The number of phenolic OH excluding ortho intramolecular Hbond substituents is 1. The molecule has 11 heteroatoms. The third-order valence-electron chi connectivity index (χ3n) is 13.6. The van der Waals surface area contributed by atoms with E-state index in [1.807, 2.05) is 91.0 Å². The number of benzene rings is 8. The second kappa shape index (κ2) is 26.6. The fourth-order valence-corrected chi connectivity index (χ4v) is 10.00. The number of nitrogens with one attached hydrogen (secondary N) is 1. The van der Waals surface area contributed by atoms with Crippen LogP contribution in [0, 0.1) is 0 Å². The number of phenols is 1. The topological polar surface area (TPSA) is 131 Å². The van der Waals surface area contributed by atoms with Gasteiger partial charge in [0.05, 0.1) is 58.3 Å². The summed E-state index contributed by atoms with van der Waals surface area (Å²) >= 11 is 0. The molecule has 9 rings (SSSR count). The number of anilines is 1. The number of rotatable bonds is 11. The van der Waals surface area contributed by atoms with Crippen LogP contribution in [-0.4, -0.2) is 83.1 Å². The van der Waals surface area contributed by atoms with Gasteiger partial charge in [0.25, 0.3) is 0 Å². The molecule has 76 heavy (non-hydrogen) atoms. The normalized spacial score (nSPS) is 14.6. The molecule has 0 aromatic heterocycles. The van der Waals surface area contributed by atoms with E-state index in [9.17, 15) is 14.7 Å². The zero-order chi connectivity index (χ0) is 52.4. The fourth-order valence-electron chi connectivity index (χ4n) is 10.00. The zero-order valence-electron chi connectivity index (χ0n) is 42.9. The van der Waals surface area contributed by atoms with Crippen LogP contribution < -0.4 is 19.5 Å². The van der Waals surface area contributed by atoms with Gasteiger partial charge >= 0.3 is 5.97 Å². The Hall–Kier alpha value is -7.80. The van der Waals surface area contributed by atoms with E-state index < -0.39 is 11.4 Å². The zero-order valence-corrected chi connectivity index (χ0v) is 42.9. The lowest BCUT2D eigenvalue weighted by Gasteiger charge is -2.37. The molecule has 8 aromatic rings. The van der Waals surface area contributed by atoms with E-state index in [0.717, 1.165) is 54.9 Å². The minimum atomic E-state index is -0.600. The van der Waals surface area contributed by atoms with Gasteiger partial charge in [0.1, 0.15) is 13.2 Å². The van der Waals surface area contributed by atoms with Crippen molar-refractivity contribution in [2.45, 2.75) is 43.9 Å². The monoisotopic (exact) mass is 1020 g/mol. The maximum absolute atomic E-state index is 13.9. The molecule has 0 radical (unpaired) electrons. The molecule has 1 aliphatic rings. The number of aromatic hydroxyl groups is 1. The largest absolute Gasteiger partial charge is 0.504 e. The predicted octanol–water partition coefficient (Wildman–Crippen LogP) is 12.4. The van der Waals surface area contributed by atoms with E-state index in [0.29, 0.717) is 100 Å². The number of carbonyl (C=O) groups excluding carboxylic acids is 2. The molecule has 11 nitrogen and oxygen atoms in total. The fraction of sp³-hybridized carbons (Fsp3) is 0.262. The minimum Gasteiger partial charge on any atom is -0.504 e. The second-order valence-electron chi connectivity index (χ2n) is 18.7. The molecule has 0 fully saturated rings. The quantitative estimate of drug-likeness (QED) is 0.0424. The van der Waals surface area contributed by atoms with Crippen molar-refractivity contribution in [1.82, 2.24) is 0 Å². The summed E-state index contributed by atoms with van der Waals surface area (Å²) in [6.07, 6.45) is 1.78. The van der Waals surface area contributed by atoms with Gasteiger partial charge in [-0.25, -0.2) is 0 Å². The van der Waals surface area contributed by atoms with Crippen molar-refractivity contribution in [3.8, 4) is 23.0 Å². The lowest BCUT2D eigenvalue weighted by atomic mass is 9.65. The van der Waals surface area contributed by atoms with Gasteiger partial charge in [-0.05, 0) is 93.7 Å². The Morgan fingerprint density at radius 3 is 1.46 bits per heavy atom. The van der Waals surface area contributed by atoms with Crippen LogP contribution in [0.2, 0.25) is 0 Å². The molecule has 0 aliphatic carbocycles. The second-order valence-corrected chi connectivity index (χ2v) is 18.7. The first-order chi connectivity index (χ1) is 37.4. The van der Waals surface area contributed by atoms with Gasteiger partial charge in [-0.15, -0.1) is 0 Å². The summed E-state index contributed by atoms with van der Waals surface area (Å²) in [6, 6.07) is 59.0.